The maximum Gasteiger partial charge on any atom is 0.259 e. The molecule has 0 radical (unpaired) electrons. The van der Waals surface area contributed by atoms with Gasteiger partial charge in [-0.2, -0.15) is 0 Å². The van der Waals surface area contributed by atoms with Crippen LogP contribution in [0.3, 0.4) is 0 Å². The lowest BCUT2D eigenvalue weighted by Crippen LogP contribution is -2.43. The summed E-state index contributed by atoms with van der Waals surface area (Å²) in [6, 6.07) is 2.28. The average Bonchev–Trinajstić information content (AvgIpc) is 2.44. The van der Waals surface area contributed by atoms with E-state index in [9.17, 15) is 19.1 Å². The predicted molar refractivity (Wildman–Crippen MR) is 87.1 cm³/mol. The topological polar surface area (TPSA) is 73.4 Å². The number of aromatic nitrogens is 1. The zero-order valence-electron chi connectivity index (χ0n) is 13.7. The van der Waals surface area contributed by atoms with Gasteiger partial charge in [0.25, 0.3) is 5.91 Å². The van der Waals surface area contributed by atoms with Crippen molar-refractivity contribution in [2.45, 2.75) is 39.8 Å². The maximum atomic E-state index is 13.6. The molecule has 0 aliphatic carbocycles. The van der Waals surface area contributed by atoms with Crippen molar-refractivity contribution in [1.29, 1.82) is 0 Å². The van der Waals surface area contributed by atoms with E-state index in [1.807, 2.05) is 0 Å². The Labute approximate surface area is 133 Å². The van der Waals surface area contributed by atoms with Gasteiger partial charge in [-0.3, -0.25) is 9.59 Å². The fourth-order valence-electron chi connectivity index (χ4n) is 2.60. The van der Waals surface area contributed by atoms with E-state index in [1.54, 1.807) is 27.7 Å². The van der Waals surface area contributed by atoms with Gasteiger partial charge in [0.15, 0.2) is 0 Å². The summed E-state index contributed by atoms with van der Waals surface area (Å²) in [4.78, 5) is 29.6. The lowest BCUT2D eigenvalue weighted by molar-refractivity contribution is 0.0577. The molecule has 0 fully saturated rings. The summed E-state index contributed by atoms with van der Waals surface area (Å²) in [5.74, 6) is -0.999. The van der Waals surface area contributed by atoms with Crippen molar-refractivity contribution in [2.75, 3.05) is 6.54 Å². The number of aliphatic hydroxyl groups excluding tert-OH is 1. The van der Waals surface area contributed by atoms with Crippen LogP contribution >= 0.6 is 0 Å². The number of amides is 1. The van der Waals surface area contributed by atoms with Crippen LogP contribution in [-0.2, 0) is 0 Å². The highest BCUT2D eigenvalue weighted by Crippen LogP contribution is 2.16. The Morgan fingerprint density at radius 1 is 1.35 bits per heavy atom. The first kappa shape index (κ1) is 17.1. The molecule has 0 aliphatic rings. The Morgan fingerprint density at radius 3 is 2.57 bits per heavy atom. The van der Waals surface area contributed by atoms with E-state index < -0.39 is 23.3 Å². The Bertz CT molecular complexity index is 796. The summed E-state index contributed by atoms with van der Waals surface area (Å²) in [5.41, 5.74) is 0.541. The smallest absolute Gasteiger partial charge is 0.259 e. The molecule has 1 heterocycles. The number of hydrogen-bond acceptors (Lipinski definition) is 3. The van der Waals surface area contributed by atoms with E-state index >= 15 is 0 Å². The second kappa shape index (κ2) is 6.50. The fraction of sp³-hybridized carbons (Fsp3) is 0.412. The van der Waals surface area contributed by atoms with Gasteiger partial charge < -0.3 is 15.0 Å². The minimum atomic E-state index is -0.708. The Hall–Kier alpha value is -2.21. The molecule has 2 aromatic rings. The highest BCUT2D eigenvalue weighted by molar-refractivity contribution is 5.97. The second-order valence-electron chi connectivity index (χ2n) is 6.08. The summed E-state index contributed by atoms with van der Waals surface area (Å²) in [7, 11) is 0. The van der Waals surface area contributed by atoms with Crippen LogP contribution in [0.5, 0.6) is 0 Å². The van der Waals surface area contributed by atoms with Gasteiger partial charge in [-0.25, -0.2) is 4.39 Å². The van der Waals surface area contributed by atoms with E-state index in [2.05, 4.69) is 4.98 Å². The summed E-state index contributed by atoms with van der Waals surface area (Å²) in [6.45, 7) is 7.00. The van der Waals surface area contributed by atoms with Crippen LogP contribution in [0.4, 0.5) is 4.39 Å². The highest BCUT2D eigenvalue weighted by Gasteiger charge is 2.23. The van der Waals surface area contributed by atoms with E-state index in [4.69, 9.17) is 0 Å². The zero-order chi connectivity index (χ0) is 17.3. The third-order valence-electron chi connectivity index (χ3n) is 3.73. The number of aromatic amines is 1. The van der Waals surface area contributed by atoms with Crippen LogP contribution in [0.2, 0.25) is 0 Å². The normalized spacial score (nSPS) is 12.7. The fourth-order valence-corrected chi connectivity index (χ4v) is 2.60. The molecule has 124 valence electrons. The van der Waals surface area contributed by atoms with Gasteiger partial charge in [-0.05, 0) is 45.4 Å². The molecule has 0 bridgehead atoms. The largest absolute Gasteiger partial charge is 0.392 e. The molecule has 1 amide bonds. The van der Waals surface area contributed by atoms with Crippen molar-refractivity contribution in [3.8, 4) is 0 Å². The first-order valence-corrected chi connectivity index (χ1v) is 7.53. The first-order chi connectivity index (χ1) is 10.7. The van der Waals surface area contributed by atoms with Gasteiger partial charge in [0.2, 0.25) is 5.43 Å². The molecule has 1 aromatic heterocycles. The van der Waals surface area contributed by atoms with Crippen molar-refractivity contribution in [2.24, 2.45) is 0 Å². The summed E-state index contributed by atoms with van der Waals surface area (Å²) in [5, 5.41) is 9.70. The van der Waals surface area contributed by atoms with Crippen LogP contribution in [0.15, 0.2) is 23.1 Å². The molecule has 0 aliphatic heterocycles. The number of halogens is 1. The maximum absolute atomic E-state index is 13.6. The number of carbonyl (C=O) groups is 1. The highest BCUT2D eigenvalue weighted by atomic mass is 19.1. The van der Waals surface area contributed by atoms with Crippen molar-refractivity contribution in [1.82, 2.24) is 9.88 Å². The number of nitrogens with one attached hydrogen (secondary N) is 1. The Morgan fingerprint density at radius 2 is 2.00 bits per heavy atom. The van der Waals surface area contributed by atoms with Crippen LogP contribution in [0.25, 0.3) is 10.9 Å². The van der Waals surface area contributed by atoms with Crippen LogP contribution in [-0.4, -0.2) is 39.6 Å². The molecule has 1 aromatic carbocycles. The quantitative estimate of drug-likeness (QED) is 0.907. The van der Waals surface area contributed by atoms with E-state index in [0.717, 1.165) is 6.07 Å². The number of hydrogen-bond donors (Lipinski definition) is 2. The number of fused-ring (bicyclic) bond motifs is 1. The molecule has 5 nitrogen and oxygen atoms in total. The second-order valence-corrected chi connectivity index (χ2v) is 6.08. The number of carbonyl (C=O) groups excluding carboxylic acids is 1. The number of rotatable bonds is 4. The first-order valence-electron chi connectivity index (χ1n) is 7.53. The molecule has 1 unspecified atom stereocenters. The molecule has 0 saturated heterocycles. The molecule has 6 heteroatoms. The van der Waals surface area contributed by atoms with E-state index in [0.29, 0.717) is 11.1 Å². The molecule has 0 spiro atoms. The van der Waals surface area contributed by atoms with Crippen molar-refractivity contribution < 1.29 is 14.3 Å². The minimum absolute atomic E-state index is 0.0585. The lowest BCUT2D eigenvalue weighted by atomic mass is 10.1. The van der Waals surface area contributed by atoms with Crippen molar-refractivity contribution >= 4 is 16.8 Å². The average molecular weight is 320 g/mol. The number of aliphatic hydroxyl groups is 1. The number of H-pyrrole nitrogens is 1. The standard InChI is InChI=1S/C17H21FN2O3/c1-9(2)20(8-11(4)21)17(23)14-7-19-15-10(3)5-12(18)6-13(15)16(14)22/h5-7,9,11,21H,8H2,1-4H3,(H,19,22). The molecule has 0 saturated carbocycles. The minimum Gasteiger partial charge on any atom is -0.392 e. The third kappa shape index (κ3) is 3.42. The van der Waals surface area contributed by atoms with Crippen LogP contribution < -0.4 is 5.43 Å². The molecule has 2 rings (SSSR count). The van der Waals surface area contributed by atoms with E-state index in [1.165, 1.54) is 17.2 Å². The summed E-state index contributed by atoms with van der Waals surface area (Å²) < 4.78 is 13.6. The van der Waals surface area contributed by atoms with Gasteiger partial charge >= 0.3 is 0 Å². The SMILES string of the molecule is Cc1cc(F)cc2c(=O)c(C(=O)N(CC(C)O)C(C)C)c[nH]c12. The van der Waals surface area contributed by atoms with Crippen molar-refractivity contribution in [3.05, 3.63) is 45.5 Å². The summed E-state index contributed by atoms with van der Waals surface area (Å²) in [6.07, 6.45) is 0.649. The van der Waals surface area contributed by atoms with E-state index in [-0.39, 0.29) is 23.5 Å². The lowest BCUT2D eigenvalue weighted by Gasteiger charge is -2.27. The van der Waals surface area contributed by atoms with Gasteiger partial charge in [-0.1, -0.05) is 0 Å². The molecular weight excluding hydrogens is 299 g/mol. The monoisotopic (exact) mass is 320 g/mol. The van der Waals surface area contributed by atoms with Gasteiger partial charge in [0.05, 0.1) is 11.6 Å². The van der Waals surface area contributed by atoms with Crippen LogP contribution in [0.1, 0.15) is 36.7 Å². The zero-order valence-corrected chi connectivity index (χ0v) is 13.7. The third-order valence-corrected chi connectivity index (χ3v) is 3.73. The van der Waals surface area contributed by atoms with Crippen LogP contribution in [0, 0.1) is 12.7 Å². The molecular formula is C17H21FN2O3. The Kier molecular flexibility index (Phi) is 4.85. The molecule has 23 heavy (non-hydrogen) atoms. The van der Waals surface area contributed by atoms with Gasteiger partial charge in [0, 0.05) is 24.2 Å². The Balaban J connectivity index is 2.57. The molecule has 1 atom stereocenters. The predicted octanol–water partition coefficient (Wildman–Crippen LogP) is 2.21. The van der Waals surface area contributed by atoms with Crippen molar-refractivity contribution in [3.63, 3.8) is 0 Å². The number of nitrogens with zero attached hydrogens (tertiary/aromatic N) is 1. The summed E-state index contributed by atoms with van der Waals surface area (Å²) >= 11 is 0. The molecule has 2 N–H and O–H groups in total. The number of benzene rings is 1. The number of aryl methyl sites for hydroxylation is 1. The van der Waals surface area contributed by atoms with Gasteiger partial charge in [-0.15, -0.1) is 0 Å². The number of pyridine rings is 1. The van der Waals surface area contributed by atoms with Gasteiger partial charge in [0.1, 0.15) is 11.4 Å².